The molecular weight excluding hydrogens is 234 g/mol. The summed E-state index contributed by atoms with van der Waals surface area (Å²) >= 11 is 0. The monoisotopic (exact) mass is 259 g/mol. The Labute approximate surface area is 116 Å². The summed E-state index contributed by atoms with van der Waals surface area (Å²) in [5, 5.41) is 0. The number of fused-ring (bicyclic) bond motifs is 1. The standard InChI is InChI=1S/C17H25NO/c1-12-9-13-14(10-16(2,3)11-15(13)19)18(12)17(4)7-5-6-8-17/h9H,5-8,10-11H2,1-4H3. The maximum atomic E-state index is 12.4. The first-order valence-electron chi connectivity index (χ1n) is 7.57. The van der Waals surface area contributed by atoms with Gasteiger partial charge in [0, 0.05) is 28.9 Å². The van der Waals surface area contributed by atoms with Crippen molar-refractivity contribution < 1.29 is 4.79 Å². The van der Waals surface area contributed by atoms with E-state index in [1.54, 1.807) is 0 Å². The number of carbonyl (C=O) groups is 1. The summed E-state index contributed by atoms with van der Waals surface area (Å²) in [6.45, 7) is 8.98. The quantitative estimate of drug-likeness (QED) is 0.739. The van der Waals surface area contributed by atoms with Gasteiger partial charge in [-0.2, -0.15) is 0 Å². The van der Waals surface area contributed by atoms with Gasteiger partial charge in [0.15, 0.2) is 5.78 Å². The number of ketones is 1. The summed E-state index contributed by atoms with van der Waals surface area (Å²) in [6.07, 6.45) is 6.88. The molecule has 1 fully saturated rings. The Morgan fingerprint density at radius 1 is 1.11 bits per heavy atom. The fourth-order valence-electron chi connectivity index (χ4n) is 4.26. The van der Waals surface area contributed by atoms with Crippen molar-refractivity contribution in [2.24, 2.45) is 5.41 Å². The van der Waals surface area contributed by atoms with Crippen LogP contribution in [-0.4, -0.2) is 10.4 Å². The Kier molecular flexibility index (Phi) is 2.71. The van der Waals surface area contributed by atoms with Gasteiger partial charge < -0.3 is 4.57 Å². The third-order valence-corrected chi connectivity index (χ3v) is 5.09. The van der Waals surface area contributed by atoms with Crippen LogP contribution in [0.3, 0.4) is 0 Å². The Balaban J connectivity index is 2.15. The molecule has 2 nitrogen and oxygen atoms in total. The Morgan fingerprint density at radius 2 is 1.74 bits per heavy atom. The summed E-state index contributed by atoms with van der Waals surface area (Å²) in [5.74, 6) is 0.342. The van der Waals surface area contributed by atoms with Crippen molar-refractivity contribution in [1.29, 1.82) is 0 Å². The molecule has 0 aliphatic heterocycles. The summed E-state index contributed by atoms with van der Waals surface area (Å²) in [6, 6.07) is 2.14. The highest BCUT2D eigenvalue weighted by Crippen LogP contribution is 2.43. The summed E-state index contributed by atoms with van der Waals surface area (Å²) in [4.78, 5) is 12.4. The highest BCUT2D eigenvalue weighted by atomic mass is 16.1. The van der Waals surface area contributed by atoms with Crippen LogP contribution in [-0.2, 0) is 12.0 Å². The molecular formula is C17H25NO. The zero-order valence-electron chi connectivity index (χ0n) is 12.7. The molecule has 0 unspecified atom stereocenters. The fraction of sp³-hybridized carbons (Fsp3) is 0.706. The second-order valence-electron chi connectivity index (χ2n) is 7.63. The van der Waals surface area contributed by atoms with Crippen LogP contribution in [0.25, 0.3) is 0 Å². The van der Waals surface area contributed by atoms with Gasteiger partial charge in [0.1, 0.15) is 0 Å². The molecule has 2 aliphatic carbocycles. The molecule has 0 N–H and O–H groups in total. The van der Waals surface area contributed by atoms with Crippen LogP contribution in [0.2, 0.25) is 0 Å². The van der Waals surface area contributed by atoms with Crippen LogP contribution in [0.1, 0.15) is 74.6 Å². The van der Waals surface area contributed by atoms with Gasteiger partial charge in [-0.25, -0.2) is 0 Å². The minimum absolute atomic E-state index is 0.113. The summed E-state index contributed by atoms with van der Waals surface area (Å²) in [5.41, 5.74) is 3.95. The molecule has 0 bridgehead atoms. The SMILES string of the molecule is Cc1cc2c(n1C1(C)CCCC1)CC(C)(C)CC2=O. The lowest BCUT2D eigenvalue weighted by molar-refractivity contribution is 0.0907. The van der Waals surface area contributed by atoms with Gasteiger partial charge in [-0.1, -0.05) is 26.7 Å². The lowest BCUT2D eigenvalue weighted by Gasteiger charge is -2.35. The van der Waals surface area contributed by atoms with Crippen molar-refractivity contribution in [3.8, 4) is 0 Å². The first-order valence-corrected chi connectivity index (χ1v) is 7.57. The average Bonchev–Trinajstić information content (AvgIpc) is 2.82. The van der Waals surface area contributed by atoms with E-state index in [2.05, 4.69) is 38.3 Å². The van der Waals surface area contributed by atoms with Crippen LogP contribution in [0.4, 0.5) is 0 Å². The first kappa shape index (κ1) is 13.0. The van der Waals surface area contributed by atoms with E-state index in [4.69, 9.17) is 0 Å². The largest absolute Gasteiger partial charge is 0.342 e. The van der Waals surface area contributed by atoms with Gasteiger partial charge in [0.2, 0.25) is 0 Å². The van der Waals surface area contributed by atoms with Gasteiger partial charge >= 0.3 is 0 Å². The molecule has 19 heavy (non-hydrogen) atoms. The predicted octanol–water partition coefficient (Wildman–Crippen LogP) is 4.24. The number of nitrogens with zero attached hydrogens (tertiary/aromatic N) is 1. The third kappa shape index (κ3) is 1.96. The summed E-state index contributed by atoms with van der Waals surface area (Å²) in [7, 11) is 0. The smallest absolute Gasteiger partial charge is 0.165 e. The topological polar surface area (TPSA) is 22.0 Å². The zero-order chi connectivity index (χ0) is 13.8. The highest BCUT2D eigenvalue weighted by Gasteiger charge is 2.39. The Bertz CT molecular complexity index is 530. The molecule has 0 saturated heterocycles. The van der Waals surface area contributed by atoms with Gasteiger partial charge in [0.05, 0.1) is 0 Å². The minimum atomic E-state index is 0.113. The first-order chi connectivity index (χ1) is 8.82. The van der Waals surface area contributed by atoms with Crippen molar-refractivity contribution in [3.63, 3.8) is 0 Å². The minimum Gasteiger partial charge on any atom is -0.342 e. The molecule has 0 spiro atoms. The number of carbonyl (C=O) groups excluding carboxylic acids is 1. The van der Waals surface area contributed by atoms with E-state index in [1.165, 1.54) is 37.1 Å². The zero-order valence-corrected chi connectivity index (χ0v) is 12.7. The Hall–Kier alpha value is -1.05. The molecule has 0 atom stereocenters. The second-order valence-corrected chi connectivity index (χ2v) is 7.63. The van der Waals surface area contributed by atoms with Crippen LogP contribution in [0.15, 0.2) is 6.07 Å². The molecule has 1 heterocycles. The van der Waals surface area contributed by atoms with Crippen molar-refractivity contribution in [3.05, 3.63) is 23.0 Å². The highest BCUT2D eigenvalue weighted by molar-refractivity contribution is 5.99. The van der Waals surface area contributed by atoms with Gasteiger partial charge in [-0.05, 0) is 44.6 Å². The van der Waals surface area contributed by atoms with Crippen LogP contribution >= 0.6 is 0 Å². The van der Waals surface area contributed by atoms with E-state index in [0.717, 1.165) is 12.0 Å². The fourth-order valence-corrected chi connectivity index (χ4v) is 4.26. The van der Waals surface area contributed by atoms with Gasteiger partial charge in [-0.15, -0.1) is 0 Å². The molecule has 1 aromatic heterocycles. The molecule has 0 aromatic carbocycles. The molecule has 0 amide bonds. The van der Waals surface area contributed by atoms with E-state index in [1.807, 2.05) is 0 Å². The number of aryl methyl sites for hydroxylation is 1. The van der Waals surface area contributed by atoms with E-state index in [-0.39, 0.29) is 11.0 Å². The van der Waals surface area contributed by atoms with Crippen LogP contribution in [0, 0.1) is 12.3 Å². The molecule has 0 radical (unpaired) electrons. The van der Waals surface area contributed by atoms with Crippen molar-refractivity contribution in [2.45, 2.75) is 71.8 Å². The lowest BCUT2D eigenvalue weighted by Crippen LogP contribution is -2.34. The Morgan fingerprint density at radius 3 is 2.37 bits per heavy atom. The molecule has 2 heteroatoms. The molecule has 2 aliphatic rings. The van der Waals surface area contributed by atoms with E-state index >= 15 is 0 Å². The number of hydrogen-bond acceptors (Lipinski definition) is 1. The molecule has 104 valence electrons. The average molecular weight is 259 g/mol. The van der Waals surface area contributed by atoms with E-state index in [0.29, 0.717) is 12.2 Å². The van der Waals surface area contributed by atoms with Gasteiger partial charge in [0.25, 0.3) is 0 Å². The third-order valence-electron chi connectivity index (χ3n) is 5.09. The lowest BCUT2D eigenvalue weighted by atomic mass is 9.76. The number of aromatic nitrogens is 1. The van der Waals surface area contributed by atoms with Crippen LogP contribution in [0.5, 0.6) is 0 Å². The second kappa shape index (κ2) is 3.97. The number of Topliss-reactive ketones (excluding diaryl/α,β-unsaturated/α-hetero) is 1. The summed E-state index contributed by atoms with van der Waals surface area (Å²) < 4.78 is 2.51. The molecule has 3 rings (SSSR count). The maximum Gasteiger partial charge on any atom is 0.165 e. The number of rotatable bonds is 1. The van der Waals surface area contributed by atoms with E-state index in [9.17, 15) is 4.79 Å². The normalized spacial score (nSPS) is 24.5. The van der Waals surface area contributed by atoms with Crippen LogP contribution < -0.4 is 0 Å². The van der Waals surface area contributed by atoms with Crippen molar-refractivity contribution in [2.75, 3.05) is 0 Å². The molecule has 1 saturated carbocycles. The van der Waals surface area contributed by atoms with E-state index < -0.39 is 0 Å². The van der Waals surface area contributed by atoms with Crippen molar-refractivity contribution in [1.82, 2.24) is 4.57 Å². The predicted molar refractivity (Wildman–Crippen MR) is 77.7 cm³/mol. The van der Waals surface area contributed by atoms with Gasteiger partial charge in [-0.3, -0.25) is 4.79 Å². The maximum absolute atomic E-state index is 12.4. The number of hydrogen-bond donors (Lipinski definition) is 0. The van der Waals surface area contributed by atoms with Crippen molar-refractivity contribution >= 4 is 5.78 Å². The molecule has 1 aromatic rings.